The predicted octanol–water partition coefficient (Wildman–Crippen LogP) is 2.34. The van der Waals surface area contributed by atoms with E-state index in [-0.39, 0.29) is 6.61 Å². The van der Waals surface area contributed by atoms with E-state index in [9.17, 15) is 9.90 Å². The van der Waals surface area contributed by atoms with E-state index in [1.807, 2.05) is 0 Å². The molecule has 0 aliphatic rings. The Hall–Kier alpha value is -1.26. The molecule has 0 saturated heterocycles. The van der Waals surface area contributed by atoms with Gasteiger partial charge in [0.25, 0.3) is 0 Å². The minimum absolute atomic E-state index is 0.179. The highest BCUT2D eigenvalue weighted by atomic mass is 35.5. The third-order valence-corrected chi connectivity index (χ3v) is 2.38. The average Bonchev–Trinajstić information content (AvgIpc) is 2.27. The van der Waals surface area contributed by atoms with Gasteiger partial charge in [0.05, 0.1) is 17.7 Å². The van der Waals surface area contributed by atoms with Gasteiger partial charge >= 0.3 is 5.97 Å². The van der Waals surface area contributed by atoms with Gasteiger partial charge in [-0.15, -0.1) is 0 Å². The molecule has 1 aromatic rings. The van der Waals surface area contributed by atoms with E-state index in [0.717, 1.165) is 0 Å². The van der Waals surface area contributed by atoms with Gasteiger partial charge in [0.15, 0.2) is 6.61 Å². The summed E-state index contributed by atoms with van der Waals surface area (Å²) in [4.78, 5) is 11.1. The fourth-order valence-corrected chi connectivity index (χ4v) is 1.48. The third-order valence-electron chi connectivity index (χ3n) is 2.09. The summed E-state index contributed by atoms with van der Waals surface area (Å²) in [6, 6.07) is 4.91. The first kappa shape index (κ1) is 13.8. The van der Waals surface area contributed by atoms with Crippen molar-refractivity contribution in [2.24, 2.45) is 0 Å². The molecular formula is C12H15ClO4. The van der Waals surface area contributed by atoms with Crippen molar-refractivity contribution in [2.75, 3.05) is 13.2 Å². The molecule has 0 amide bonds. The maximum atomic E-state index is 11.1. The second-order valence-corrected chi connectivity index (χ2v) is 3.87. The Morgan fingerprint density at radius 3 is 2.76 bits per heavy atom. The highest BCUT2D eigenvalue weighted by Gasteiger charge is 2.08. The smallest absolute Gasteiger partial charge is 0.344 e. The summed E-state index contributed by atoms with van der Waals surface area (Å²) in [7, 11) is 0. The molecule has 4 nitrogen and oxygen atoms in total. The second-order valence-electron chi connectivity index (χ2n) is 3.46. The summed E-state index contributed by atoms with van der Waals surface area (Å²) >= 11 is 5.95. The molecular weight excluding hydrogens is 244 g/mol. The maximum absolute atomic E-state index is 11.1. The van der Waals surface area contributed by atoms with Crippen LogP contribution >= 0.6 is 11.6 Å². The Bertz CT molecular complexity index is 390. The molecule has 0 radical (unpaired) electrons. The number of ether oxygens (including phenoxy) is 2. The molecule has 1 aromatic carbocycles. The molecule has 0 aliphatic heterocycles. The molecule has 0 aromatic heterocycles. The molecule has 1 rings (SSSR count). The van der Waals surface area contributed by atoms with Crippen molar-refractivity contribution in [3.63, 3.8) is 0 Å². The van der Waals surface area contributed by atoms with Crippen molar-refractivity contribution >= 4 is 17.6 Å². The number of aliphatic hydroxyl groups excluding tert-OH is 1. The van der Waals surface area contributed by atoms with Gasteiger partial charge in [-0.25, -0.2) is 4.79 Å². The number of carbonyl (C=O) groups excluding carboxylic acids is 1. The first-order chi connectivity index (χ1) is 8.04. The normalized spacial score (nSPS) is 12.0. The van der Waals surface area contributed by atoms with E-state index in [4.69, 9.17) is 21.1 Å². The minimum Gasteiger partial charge on any atom is -0.480 e. The number of carbonyl (C=O) groups is 1. The zero-order chi connectivity index (χ0) is 12.8. The zero-order valence-electron chi connectivity index (χ0n) is 9.77. The highest BCUT2D eigenvalue weighted by molar-refractivity contribution is 6.32. The van der Waals surface area contributed by atoms with Crippen LogP contribution in [0.5, 0.6) is 5.75 Å². The number of rotatable bonds is 5. The molecule has 17 heavy (non-hydrogen) atoms. The van der Waals surface area contributed by atoms with Crippen LogP contribution in [0.25, 0.3) is 0 Å². The van der Waals surface area contributed by atoms with E-state index in [2.05, 4.69) is 0 Å². The monoisotopic (exact) mass is 258 g/mol. The van der Waals surface area contributed by atoms with Gasteiger partial charge in [-0.3, -0.25) is 0 Å². The Labute approximate surface area is 105 Å². The Morgan fingerprint density at radius 1 is 1.53 bits per heavy atom. The van der Waals surface area contributed by atoms with Crippen LogP contribution in [-0.2, 0) is 9.53 Å². The molecule has 0 spiro atoms. The summed E-state index contributed by atoms with van der Waals surface area (Å²) in [5.41, 5.74) is 0.693. The van der Waals surface area contributed by atoms with Crippen LogP contribution in [0, 0.1) is 0 Å². The summed E-state index contributed by atoms with van der Waals surface area (Å²) in [5, 5.41) is 9.71. The van der Waals surface area contributed by atoms with Gasteiger partial charge in [-0.05, 0) is 31.5 Å². The molecule has 1 atom stereocenters. The molecule has 0 aliphatic carbocycles. The van der Waals surface area contributed by atoms with Crippen LogP contribution in [0.15, 0.2) is 18.2 Å². The summed E-state index contributed by atoms with van der Waals surface area (Å²) in [6.07, 6.45) is -0.591. The van der Waals surface area contributed by atoms with Gasteiger partial charge in [0.1, 0.15) is 5.75 Å². The lowest BCUT2D eigenvalue weighted by atomic mass is 10.1. The number of aliphatic hydroxyl groups is 1. The highest BCUT2D eigenvalue weighted by Crippen LogP contribution is 2.27. The van der Waals surface area contributed by atoms with Gasteiger partial charge in [-0.1, -0.05) is 17.7 Å². The largest absolute Gasteiger partial charge is 0.480 e. The first-order valence-corrected chi connectivity index (χ1v) is 5.68. The van der Waals surface area contributed by atoms with Crippen LogP contribution in [0.4, 0.5) is 0 Å². The number of hydrogen-bond acceptors (Lipinski definition) is 4. The number of halogens is 1. The van der Waals surface area contributed by atoms with E-state index in [1.165, 1.54) is 0 Å². The van der Waals surface area contributed by atoms with Crippen molar-refractivity contribution in [3.8, 4) is 5.75 Å². The minimum atomic E-state index is -0.591. The lowest BCUT2D eigenvalue weighted by Gasteiger charge is -2.10. The SMILES string of the molecule is CCOC(=O)COc1ccc([C@@H](C)O)cc1Cl. The molecule has 0 unspecified atom stereocenters. The summed E-state index contributed by atoms with van der Waals surface area (Å²) in [6.45, 7) is 3.51. The number of benzene rings is 1. The van der Waals surface area contributed by atoms with Gasteiger partial charge in [0, 0.05) is 0 Å². The predicted molar refractivity (Wildman–Crippen MR) is 64.2 cm³/mol. The van der Waals surface area contributed by atoms with Crippen molar-refractivity contribution in [1.29, 1.82) is 0 Å². The molecule has 94 valence electrons. The first-order valence-electron chi connectivity index (χ1n) is 5.30. The molecule has 0 saturated carbocycles. The molecule has 0 heterocycles. The van der Waals surface area contributed by atoms with E-state index in [1.54, 1.807) is 32.0 Å². The fraction of sp³-hybridized carbons (Fsp3) is 0.417. The summed E-state index contributed by atoms with van der Waals surface area (Å²) in [5.74, 6) is -0.0488. The number of esters is 1. The Balaban J connectivity index is 2.63. The van der Waals surface area contributed by atoms with Crippen LogP contribution in [0.1, 0.15) is 25.5 Å². The Morgan fingerprint density at radius 2 is 2.24 bits per heavy atom. The van der Waals surface area contributed by atoms with E-state index < -0.39 is 12.1 Å². The average molecular weight is 259 g/mol. The van der Waals surface area contributed by atoms with Crippen molar-refractivity contribution in [1.82, 2.24) is 0 Å². The summed E-state index contributed by atoms with van der Waals surface area (Å²) < 4.78 is 9.92. The van der Waals surface area contributed by atoms with Gasteiger partial charge < -0.3 is 14.6 Å². The topological polar surface area (TPSA) is 55.8 Å². The lowest BCUT2D eigenvalue weighted by Crippen LogP contribution is -2.14. The quantitative estimate of drug-likeness (QED) is 0.824. The molecule has 5 heteroatoms. The van der Waals surface area contributed by atoms with Crippen molar-refractivity contribution in [3.05, 3.63) is 28.8 Å². The van der Waals surface area contributed by atoms with E-state index >= 15 is 0 Å². The lowest BCUT2D eigenvalue weighted by molar-refractivity contribution is -0.145. The molecule has 0 bridgehead atoms. The third kappa shape index (κ3) is 4.24. The number of hydrogen-bond donors (Lipinski definition) is 1. The van der Waals surface area contributed by atoms with Crippen molar-refractivity contribution < 1.29 is 19.4 Å². The fourth-order valence-electron chi connectivity index (χ4n) is 1.23. The van der Waals surface area contributed by atoms with Crippen LogP contribution in [-0.4, -0.2) is 24.3 Å². The standard InChI is InChI=1S/C12H15ClO4/c1-3-16-12(15)7-17-11-5-4-9(8(2)14)6-10(11)13/h4-6,8,14H,3,7H2,1-2H3/t8-/m1/s1. The second kappa shape index (κ2) is 6.47. The Kier molecular flexibility index (Phi) is 5.25. The molecule has 0 fully saturated rings. The van der Waals surface area contributed by atoms with Crippen molar-refractivity contribution in [2.45, 2.75) is 20.0 Å². The van der Waals surface area contributed by atoms with Crippen LogP contribution in [0.3, 0.4) is 0 Å². The molecule has 1 N–H and O–H groups in total. The van der Waals surface area contributed by atoms with Crippen LogP contribution < -0.4 is 4.74 Å². The van der Waals surface area contributed by atoms with Crippen LogP contribution in [0.2, 0.25) is 5.02 Å². The maximum Gasteiger partial charge on any atom is 0.344 e. The van der Waals surface area contributed by atoms with Gasteiger partial charge in [-0.2, -0.15) is 0 Å². The zero-order valence-corrected chi connectivity index (χ0v) is 10.5. The van der Waals surface area contributed by atoms with Gasteiger partial charge in [0.2, 0.25) is 0 Å². The van der Waals surface area contributed by atoms with E-state index in [0.29, 0.717) is 22.9 Å².